The van der Waals surface area contributed by atoms with E-state index in [2.05, 4.69) is 47.6 Å². The van der Waals surface area contributed by atoms with Crippen LogP contribution >= 0.6 is 0 Å². The van der Waals surface area contributed by atoms with Gasteiger partial charge in [0.25, 0.3) is 0 Å². The summed E-state index contributed by atoms with van der Waals surface area (Å²) < 4.78 is 0. The predicted molar refractivity (Wildman–Crippen MR) is 132 cm³/mol. The van der Waals surface area contributed by atoms with E-state index in [4.69, 9.17) is 0 Å². The Morgan fingerprint density at radius 1 is 1.03 bits per heavy atom. The highest BCUT2D eigenvalue weighted by molar-refractivity contribution is 5.82. The molecule has 0 unspecified atom stereocenters. The minimum atomic E-state index is 0.311. The molecule has 0 aliphatic heterocycles. The molecule has 1 heteroatoms. The van der Waals surface area contributed by atoms with Crippen molar-refractivity contribution in [3.05, 3.63) is 11.6 Å². The zero-order chi connectivity index (χ0) is 22.4. The molecule has 4 aliphatic rings. The molecule has 1 nitrogen and oxygen atoms in total. The molecule has 0 aromatic heterocycles. The highest BCUT2D eigenvalue weighted by atomic mass is 16.1. The molecule has 0 spiro atoms. The molecule has 0 radical (unpaired) electrons. The fourth-order valence-corrected chi connectivity index (χ4v) is 9.27. The third-order valence-electron chi connectivity index (χ3n) is 10.9. The fraction of sp³-hybridized carbons (Fsp3) is 0.900. The first-order chi connectivity index (χ1) is 14.7. The maximum Gasteiger partial charge on any atom is 0.136 e. The standard InChI is InChI=1S/C30H50O/c1-7-9-22-18-23-19-24(31)14-16-29(23,5)27-15-17-30(6)25(12-13-26(30)28(22)27)21(4)11-8-10-20(2)3/h18,20-22,25-28H,7-17,19H2,1-6H3/t21-,22+,25-,26+,27+,28+,29+,30-/m1/s1. The van der Waals surface area contributed by atoms with Gasteiger partial charge < -0.3 is 0 Å². The zero-order valence-electron chi connectivity index (χ0n) is 21.5. The first-order valence-corrected chi connectivity index (χ1v) is 13.9. The summed E-state index contributed by atoms with van der Waals surface area (Å²) in [7, 11) is 0. The number of fused-ring (bicyclic) bond motifs is 5. The van der Waals surface area contributed by atoms with Crippen molar-refractivity contribution in [3.8, 4) is 0 Å². The van der Waals surface area contributed by atoms with Gasteiger partial charge in [0.05, 0.1) is 0 Å². The van der Waals surface area contributed by atoms with Crippen LogP contribution in [-0.4, -0.2) is 5.78 Å². The molecule has 31 heavy (non-hydrogen) atoms. The molecule has 4 rings (SSSR count). The quantitative estimate of drug-likeness (QED) is 0.372. The Bertz CT molecular complexity index is 689. The van der Waals surface area contributed by atoms with E-state index in [0.717, 1.165) is 60.7 Å². The molecule has 0 amide bonds. The molecular weight excluding hydrogens is 376 g/mol. The molecule has 4 aliphatic carbocycles. The monoisotopic (exact) mass is 426 g/mol. The maximum absolute atomic E-state index is 12.3. The zero-order valence-corrected chi connectivity index (χ0v) is 21.5. The summed E-state index contributed by atoms with van der Waals surface area (Å²) in [5.41, 5.74) is 2.41. The van der Waals surface area contributed by atoms with Gasteiger partial charge in [-0.15, -0.1) is 0 Å². The van der Waals surface area contributed by atoms with Crippen LogP contribution in [0.25, 0.3) is 0 Å². The van der Waals surface area contributed by atoms with E-state index in [-0.39, 0.29) is 0 Å². The molecule has 0 heterocycles. The van der Waals surface area contributed by atoms with Crippen molar-refractivity contribution in [2.24, 2.45) is 52.3 Å². The van der Waals surface area contributed by atoms with E-state index in [1.807, 2.05) is 0 Å². The number of carbonyl (C=O) groups is 1. The molecule has 0 aromatic rings. The Hall–Kier alpha value is -0.590. The maximum atomic E-state index is 12.3. The number of allylic oxidation sites excluding steroid dienone is 2. The largest absolute Gasteiger partial charge is 0.299 e. The molecule has 8 atom stereocenters. The summed E-state index contributed by atoms with van der Waals surface area (Å²) in [5.74, 6) is 6.48. The average molecular weight is 427 g/mol. The Balaban J connectivity index is 1.59. The fourth-order valence-electron chi connectivity index (χ4n) is 9.27. The van der Waals surface area contributed by atoms with Crippen LogP contribution in [0.3, 0.4) is 0 Å². The van der Waals surface area contributed by atoms with Crippen LogP contribution in [0.4, 0.5) is 0 Å². The van der Waals surface area contributed by atoms with E-state index in [9.17, 15) is 4.79 Å². The van der Waals surface area contributed by atoms with Gasteiger partial charge in [0, 0.05) is 12.8 Å². The van der Waals surface area contributed by atoms with Crippen LogP contribution in [0.1, 0.15) is 119 Å². The molecule has 0 aromatic carbocycles. The third kappa shape index (κ3) is 4.10. The van der Waals surface area contributed by atoms with Crippen LogP contribution in [0.5, 0.6) is 0 Å². The Kier molecular flexibility index (Phi) is 6.83. The highest BCUT2D eigenvalue weighted by Gasteiger charge is 2.60. The first-order valence-electron chi connectivity index (χ1n) is 13.9. The lowest BCUT2D eigenvalue weighted by Crippen LogP contribution is -2.53. The first kappa shape index (κ1) is 23.6. The van der Waals surface area contributed by atoms with E-state index in [0.29, 0.717) is 16.6 Å². The average Bonchev–Trinajstić information content (AvgIpc) is 3.06. The van der Waals surface area contributed by atoms with Crippen molar-refractivity contribution >= 4 is 5.78 Å². The van der Waals surface area contributed by atoms with Gasteiger partial charge in [-0.25, -0.2) is 0 Å². The van der Waals surface area contributed by atoms with Crippen LogP contribution in [0.15, 0.2) is 11.6 Å². The topological polar surface area (TPSA) is 17.1 Å². The van der Waals surface area contributed by atoms with Crippen molar-refractivity contribution in [1.29, 1.82) is 0 Å². The normalized spacial score (nSPS) is 43.3. The van der Waals surface area contributed by atoms with E-state index < -0.39 is 0 Å². The molecule has 3 fully saturated rings. The smallest absolute Gasteiger partial charge is 0.136 e. The van der Waals surface area contributed by atoms with Gasteiger partial charge in [-0.1, -0.05) is 78.9 Å². The van der Waals surface area contributed by atoms with Crippen molar-refractivity contribution in [3.63, 3.8) is 0 Å². The molecule has 176 valence electrons. The van der Waals surface area contributed by atoms with Crippen LogP contribution in [0.2, 0.25) is 0 Å². The number of hydrogen-bond donors (Lipinski definition) is 0. The van der Waals surface area contributed by atoms with Gasteiger partial charge in [0.15, 0.2) is 0 Å². The van der Waals surface area contributed by atoms with Gasteiger partial charge in [-0.3, -0.25) is 4.79 Å². The summed E-state index contributed by atoms with van der Waals surface area (Å²) in [6.07, 6.45) is 18.0. The van der Waals surface area contributed by atoms with Gasteiger partial charge >= 0.3 is 0 Å². The van der Waals surface area contributed by atoms with Gasteiger partial charge in [-0.05, 0) is 90.8 Å². The molecule has 0 N–H and O–H groups in total. The predicted octanol–water partition coefficient (Wildman–Crippen LogP) is 8.62. The van der Waals surface area contributed by atoms with Gasteiger partial charge in [-0.2, -0.15) is 0 Å². The molecule has 3 saturated carbocycles. The summed E-state index contributed by atoms with van der Waals surface area (Å²) in [6, 6.07) is 0. The lowest BCUT2D eigenvalue weighted by molar-refractivity contribution is -0.123. The Morgan fingerprint density at radius 2 is 1.81 bits per heavy atom. The van der Waals surface area contributed by atoms with Gasteiger partial charge in [0.1, 0.15) is 5.78 Å². The van der Waals surface area contributed by atoms with Crippen LogP contribution in [0, 0.1) is 52.3 Å². The van der Waals surface area contributed by atoms with Crippen LogP contribution in [-0.2, 0) is 4.79 Å². The number of ketones is 1. The van der Waals surface area contributed by atoms with Gasteiger partial charge in [0.2, 0.25) is 0 Å². The van der Waals surface area contributed by atoms with Crippen molar-refractivity contribution in [2.45, 2.75) is 119 Å². The van der Waals surface area contributed by atoms with E-state index in [1.165, 1.54) is 57.8 Å². The lowest BCUT2D eigenvalue weighted by atomic mass is 9.44. The number of hydrogen-bond acceptors (Lipinski definition) is 1. The second-order valence-corrected chi connectivity index (χ2v) is 13.1. The molecule has 0 bridgehead atoms. The van der Waals surface area contributed by atoms with E-state index in [1.54, 1.807) is 5.57 Å². The summed E-state index contributed by atoms with van der Waals surface area (Å²) in [5, 5.41) is 0. The summed E-state index contributed by atoms with van der Waals surface area (Å²) in [4.78, 5) is 12.3. The molecule has 0 saturated heterocycles. The highest BCUT2D eigenvalue weighted by Crippen LogP contribution is 2.68. The van der Waals surface area contributed by atoms with Crippen LogP contribution < -0.4 is 0 Å². The number of rotatable bonds is 7. The Morgan fingerprint density at radius 3 is 2.52 bits per heavy atom. The SMILES string of the molecule is CCC[C@H]1C=C2CC(=O)CC[C@]2(C)[C@H]2CC[C@]3(C)[C@@H]([C@H](C)CCCC(C)C)CC[C@H]3[C@H]12. The van der Waals surface area contributed by atoms with E-state index >= 15 is 0 Å². The second-order valence-electron chi connectivity index (χ2n) is 13.1. The number of Topliss-reactive ketones (excluding diaryl/α,β-unsaturated/α-hetero) is 1. The lowest BCUT2D eigenvalue weighted by Gasteiger charge is -2.60. The summed E-state index contributed by atoms with van der Waals surface area (Å²) >= 11 is 0. The van der Waals surface area contributed by atoms with Crippen molar-refractivity contribution < 1.29 is 4.79 Å². The number of carbonyl (C=O) groups excluding carboxylic acids is 1. The third-order valence-corrected chi connectivity index (χ3v) is 10.9. The summed E-state index contributed by atoms with van der Waals surface area (Å²) in [6.45, 7) is 15.0. The minimum absolute atomic E-state index is 0.311. The molecular formula is C30H50O. The van der Waals surface area contributed by atoms with Crippen molar-refractivity contribution in [2.75, 3.05) is 0 Å². The Labute approximate surface area is 193 Å². The minimum Gasteiger partial charge on any atom is -0.299 e. The van der Waals surface area contributed by atoms with Crippen molar-refractivity contribution in [1.82, 2.24) is 0 Å². The second kappa shape index (κ2) is 8.98.